The molecule has 0 aliphatic rings. The fourth-order valence-electron chi connectivity index (χ4n) is 1.76. The first-order chi connectivity index (χ1) is 9.69. The van der Waals surface area contributed by atoms with E-state index in [0.717, 1.165) is 14.9 Å². The Bertz CT molecular complexity index is 564. The molecule has 4 heteroatoms. The van der Waals surface area contributed by atoms with Gasteiger partial charge in [-0.05, 0) is 71.5 Å². The topological polar surface area (TPSA) is 38.3 Å². The Labute approximate surface area is 132 Å². The minimum atomic E-state index is -0.0599. The summed E-state index contributed by atoms with van der Waals surface area (Å²) in [5.41, 5.74) is 1.73. The minimum absolute atomic E-state index is 0.0599. The molecule has 0 saturated heterocycles. The van der Waals surface area contributed by atoms with E-state index in [0.29, 0.717) is 18.7 Å². The van der Waals surface area contributed by atoms with Crippen molar-refractivity contribution < 1.29 is 9.53 Å². The summed E-state index contributed by atoms with van der Waals surface area (Å²) in [6, 6.07) is 15.2. The van der Waals surface area contributed by atoms with E-state index in [-0.39, 0.29) is 5.91 Å². The number of hydrogen-bond acceptors (Lipinski definition) is 2. The van der Waals surface area contributed by atoms with Gasteiger partial charge >= 0.3 is 0 Å². The van der Waals surface area contributed by atoms with Gasteiger partial charge in [-0.1, -0.05) is 12.1 Å². The largest absolute Gasteiger partial charge is 0.494 e. The Morgan fingerprint density at radius 2 is 1.75 bits per heavy atom. The quantitative estimate of drug-likeness (QED) is 0.804. The lowest BCUT2D eigenvalue weighted by molar-refractivity contribution is 0.0951. The number of halogens is 1. The Balaban J connectivity index is 1.91. The molecule has 0 unspecified atom stereocenters. The van der Waals surface area contributed by atoms with Crippen LogP contribution in [0.25, 0.3) is 0 Å². The summed E-state index contributed by atoms with van der Waals surface area (Å²) in [7, 11) is 0. The molecule has 1 amide bonds. The molecule has 0 bridgehead atoms. The SMILES string of the molecule is CCOc1ccc(CNC(=O)c2ccc(I)cc2)cc1. The highest BCUT2D eigenvalue weighted by molar-refractivity contribution is 14.1. The molecule has 1 N–H and O–H groups in total. The van der Waals surface area contributed by atoms with Crippen LogP contribution in [-0.2, 0) is 6.54 Å². The molecular formula is C16H16INO2. The number of hydrogen-bond donors (Lipinski definition) is 1. The maximum atomic E-state index is 12.0. The standard InChI is InChI=1S/C16H16INO2/c1-2-20-15-9-3-12(4-10-15)11-18-16(19)13-5-7-14(17)8-6-13/h3-10H,2,11H2,1H3,(H,18,19). The van der Waals surface area contributed by atoms with Crippen LogP contribution in [0.15, 0.2) is 48.5 Å². The number of benzene rings is 2. The summed E-state index contributed by atoms with van der Waals surface area (Å²) < 4.78 is 6.50. The van der Waals surface area contributed by atoms with E-state index in [2.05, 4.69) is 27.9 Å². The van der Waals surface area contributed by atoms with Crippen molar-refractivity contribution in [2.24, 2.45) is 0 Å². The first-order valence-electron chi connectivity index (χ1n) is 6.44. The first kappa shape index (κ1) is 14.8. The van der Waals surface area contributed by atoms with Crippen molar-refractivity contribution in [1.82, 2.24) is 5.32 Å². The van der Waals surface area contributed by atoms with Crippen molar-refractivity contribution in [3.8, 4) is 5.75 Å². The smallest absolute Gasteiger partial charge is 0.251 e. The van der Waals surface area contributed by atoms with Gasteiger partial charge in [0, 0.05) is 15.7 Å². The third kappa shape index (κ3) is 4.23. The zero-order chi connectivity index (χ0) is 14.4. The molecule has 0 aromatic heterocycles. The van der Waals surface area contributed by atoms with Gasteiger partial charge in [0.05, 0.1) is 6.61 Å². The molecule has 0 heterocycles. The molecule has 0 spiro atoms. The fourth-order valence-corrected chi connectivity index (χ4v) is 2.12. The summed E-state index contributed by atoms with van der Waals surface area (Å²) in [4.78, 5) is 12.0. The Morgan fingerprint density at radius 3 is 2.35 bits per heavy atom. The van der Waals surface area contributed by atoms with Crippen LogP contribution in [0.3, 0.4) is 0 Å². The van der Waals surface area contributed by atoms with E-state index in [1.54, 1.807) is 0 Å². The number of nitrogens with one attached hydrogen (secondary N) is 1. The molecule has 0 fully saturated rings. The van der Waals surface area contributed by atoms with Crippen LogP contribution in [0.1, 0.15) is 22.8 Å². The Kier molecular flexibility index (Phi) is 5.40. The third-order valence-corrected chi connectivity index (χ3v) is 3.51. The lowest BCUT2D eigenvalue weighted by atomic mass is 10.2. The van der Waals surface area contributed by atoms with Crippen LogP contribution in [0.4, 0.5) is 0 Å². The lowest BCUT2D eigenvalue weighted by Crippen LogP contribution is -2.22. The van der Waals surface area contributed by atoms with Crippen LogP contribution in [-0.4, -0.2) is 12.5 Å². The molecule has 2 aromatic carbocycles. The van der Waals surface area contributed by atoms with Crippen molar-refractivity contribution in [1.29, 1.82) is 0 Å². The van der Waals surface area contributed by atoms with Gasteiger partial charge in [-0.2, -0.15) is 0 Å². The molecular weight excluding hydrogens is 365 g/mol. The van der Waals surface area contributed by atoms with E-state index < -0.39 is 0 Å². The van der Waals surface area contributed by atoms with Crippen LogP contribution < -0.4 is 10.1 Å². The van der Waals surface area contributed by atoms with Crippen LogP contribution in [0, 0.1) is 3.57 Å². The second-order valence-corrected chi connectivity index (χ2v) is 5.51. The number of rotatable bonds is 5. The van der Waals surface area contributed by atoms with E-state index >= 15 is 0 Å². The van der Waals surface area contributed by atoms with Crippen molar-refractivity contribution in [3.05, 3.63) is 63.2 Å². The average Bonchev–Trinajstić information content (AvgIpc) is 2.47. The molecule has 0 radical (unpaired) electrons. The second-order valence-electron chi connectivity index (χ2n) is 4.27. The Hall–Kier alpha value is -1.56. The van der Waals surface area contributed by atoms with Crippen molar-refractivity contribution in [2.45, 2.75) is 13.5 Å². The highest BCUT2D eigenvalue weighted by Gasteiger charge is 2.04. The Morgan fingerprint density at radius 1 is 1.10 bits per heavy atom. The fraction of sp³-hybridized carbons (Fsp3) is 0.188. The lowest BCUT2D eigenvalue weighted by Gasteiger charge is -2.07. The predicted molar refractivity (Wildman–Crippen MR) is 87.9 cm³/mol. The maximum Gasteiger partial charge on any atom is 0.251 e. The molecule has 0 atom stereocenters. The monoisotopic (exact) mass is 381 g/mol. The molecule has 0 aliphatic heterocycles. The number of carbonyl (C=O) groups excluding carboxylic acids is 1. The van der Waals surface area contributed by atoms with E-state index in [1.807, 2.05) is 55.5 Å². The van der Waals surface area contributed by atoms with Gasteiger partial charge in [0.2, 0.25) is 0 Å². The van der Waals surface area contributed by atoms with Gasteiger partial charge in [0.15, 0.2) is 0 Å². The summed E-state index contributed by atoms with van der Waals surface area (Å²) in [5.74, 6) is 0.787. The van der Waals surface area contributed by atoms with Gasteiger partial charge in [-0.3, -0.25) is 4.79 Å². The maximum absolute atomic E-state index is 12.0. The van der Waals surface area contributed by atoms with Crippen LogP contribution in [0.2, 0.25) is 0 Å². The van der Waals surface area contributed by atoms with Crippen molar-refractivity contribution in [2.75, 3.05) is 6.61 Å². The number of carbonyl (C=O) groups is 1. The van der Waals surface area contributed by atoms with E-state index in [1.165, 1.54) is 0 Å². The molecule has 0 saturated carbocycles. The van der Waals surface area contributed by atoms with Gasteiger partial charge in [0.1, 0.15) is 5.75 Å². The molecule has 2 rings (SSSR count). The normalized spacial score (nSPS) is 10.1. The molecule has 2 aromatic rings. The molecule has 104 valence electrons. The van der Waals surface area contributed by atoms with Gasteiger partial charge in [-0.25, -0.2) is 0 Å². The summed E-state index contributed by atoms with van der Waals surface area (Å²) in [5, 5.41) is 2.90. The van der Waals surface area contributed by atoms with E-state index in [4.69, 9.17) is 4.74 Å². The second kappa shape index (κ2) is 7.28. The summed E-state index contributed by atoms with van der Waals surface area (Å²) >= 11 is 2.22. The zero-order valence-corrected chi connectivity index (χ0v) is 13.4. The number of ether oxygens (including phenoxy) is 1. The average molecular weight is 381 g/mol. The van der Waals surface area contributed by atoms with Crippen molar-refractivity contribution in [3.63, 3.8) is 0 Å². The summed E-state index contributed by atoms with van der Waals surface area (Å²) in [6.45, 7) is 3.12. The molecule has 0 aliphatic carbocycles. The van der Waals surface area contributed by atoms with Gasteiger partial charge < -0.3 is 10.1 Å². The minimum Gasteiger partial charge on any atom is -0.494 e. The van der Waals surface area contributed by atoms with Crippen molar-refractivity contribution >= 4 is 28.5 Å². The first-order valence-corrected chi connectivity index (χ1v) is 7.52. The third-order valence-electron chi connectivity index (χ3n) is 2.79. The zero-order valence-electron chi connectivity index (χ0n) is 11.2. The van der Waals surface area contributed by atoms with Crippen LogP contribution in [0.5, 0.6) is 5.75 Å². The van der Waals surface area contributed by atoms with Gasteiger partial charge in [-0.15, -0.1) is 0 Å². The molecule has 3 nitrogen and oxygen atoms in total. The molecule has 20 heavy (non-hydrogen) atoms. The van der Waals surface area contributed by atoms with Crippen LogP contribution >= 0.6 is 22.6 Å². The number of amides is 1. The van der Waals surface area contributed by atoms with E-state index in [9.17, 15) is 4.79 Å². The van der Waals surface area contributed by atoms with Gasteiger partial charge in [0.25, 0.3) is 5.91 Å². The highest BCUT2D eigenvalue weighted by Crippen LogP contribution is 2.12. The summed E-state index contributed by atoms with van der Waals surface area (Å²) in [6.07, 6.45) is 0. The predicted octanol–water partition coefficient (Wildman–Crippen LogP) is 3.62. The highest BCUT2D eigenvalue weighted by atomic mass is 127.